The van der Waals surface area contributed by atoms with Crippen LogP contribution in [0, 0.1) is 5.92 Å². The summed E-state index contributed by atoms with van der Waals surface area (Å²) in [7, 11) is -2.55. The molecule has 5 N–H and O–H groups in total. The van der Waals surface area contributed by atoms with Crippen LogP contribution in [0.4, 0.5) is 0 Å². The summed E-state index contributed by atoms with van der Waals surface area (Å²) in [6, 6.07) is 0. The van der Waals surface area contributed by atoms with Gasteiger partial charge in [0.1, 0.15) is 0 Å². The molecule has 0 aliphatic heterocycles. The van der Waals surface area contributed by atoms with Gasteiger partial charge in [0, 0.05) is 12.3 Å². The number of carboxylic acid groups (broad SMARTS) is 1. The van der Waals surface area contributed by atoms with E-state index in [-0.39, 0.29) is 12.6 Å². The van der Waals surface area contributed by atoms with E-state index in [9.17, 15) is 24.7 Å². The second-order valence-electron chi connectivity index (χ2n) is 4.10. The number of aliphatic hydroxyl groups excluding tert-OH is 2. The lowest BCUT2D eigenvalue weighted by Crippen LogP contribution is -2.54. The molecule has 1 aliphatic rings. The molecule has 16 heavy (non-hydrogen) atoms. The van der Waals surface area contributed by atoms with E-state index in [4.69, 9.17) is 10.00 Å². The van der Waals surface area contributed by atoms with Gasteiger partial charge in [-0.1, -0.05) is 0 Å². The Kier molecular flexibility index (Phi) is 3.98. The van der Waals surface area contributed by atoms with Gasteiger partial charge in [-0.25, -0.2) is 4.79 Å². The lowest BCUT2D eigenvalue weighted by molar-refractivity contribution is -0.177. The SMILES string of the molecule is O=C(O)[C@]1(O)C[C@H](C[P+](=O)O)[C@@H](O)[C@H](O)C1. The molecule has 1 saturated carbocycles. The quantitative estimate of drug-likeness (QED) is 0.393. The van der Waals surface area contributed by atoms with E-state index >= 15 is 0 Å². The van der Waals surface area contributed by atoms with Gasteiger partial charge >= 0.3 is 14.0 Å². The Hall–Kier alpha value is -0.590. The molecule has 92 valence electrons. The Balaban J connectivity index is 2.84. The molecule has 1 fully saturated rings. The number of carboxylic acids is 1. The fourth-order valence-corrected chi connectivity index (χ4v) is 2.71. The van der Waals surface area contributed by atoms with Crippen LogP contribution in [-0.2, 0) is 9.36 Å². The molecule has 0 aromatic rings. The Morgan fingerprint density at radius 3 is 2.38 bits per heavy atom. The number of hydrogen-bond donors (Lipinski definition) is 5. The fourth-order valence-electron chi connectivity index (χ4n) is 1.97. The summed E-state index contributed by atoms with van der Waals surface area (Å²) in [5, 5.41) is 37.4. The molecule has 0 spiro atoms. The minimum atomic E-state index is -2.55. The van der Waals surface area contributed by atoms with Crippen molar-refractivity contribution in [2.75, 3.05) is 6.16 Å². The Morgan fingerprint density at radius 2 is 1.94 bits per heavy atom. The molecular formula is C8H14O7P+. The van der Waals surface area contributed by atoms with Crippen molar-refractivity contribution >= 4 is 14.0 Å². The summed E-state index contributed by atoms with van der Waals surface area (Å²) in [4.78, 5) is 19.5. The minimum Gasteiger partial charge on any atom is -0.479 e. The maximum atomic E-state index is 10.8. The highest BCUT2D eigenvalue weighted by molar-refractivity contribution is 7.38. The zero-order valence-corrected chi connectivity index (χ0v) is 9.25. The molecule has 0 radical (unpaired) electrons. The second kappa shape index (κ2) is 4.73. The van der Waals surface area contributed by atoms with E-state index in [0.717, 1.165) is 0 Å². The molecule has 7 nitrogen and oxygen atoms in total. The Morgan fingerprint density at radius 1 is 1.38 bits per heavy atom. The van der Waals surface area contributed by atoms with Gasteiger partial charge in [0.25, 0.3) is 0 Å². The van der Waals surface area contributed by atoms with Crippen molar-refractivity contribution in [3.8, 4) is 0 Å². The van der Waals surface area contributed by atoms with Crippen LogP contribution in [0.2, 0.25) is 0 Å². The lowest BCUT2D eigenvalue weighted by atomic mass is 9.75. The normalized spacial score (nSPS) is 40.5. The summed E-state index contributed by atoms with van der Waals surface area (Å²) >= 11 is 0. The van der Waals surface area contributed by atoms with Gasteiger partial charge in [0.15, 0.2) is 11.8 Å². The van der Waals surface area contributed by atoms with Crippen LogP contribution in [0.5, 0.6) is 0 Å². The molecule has 0 amide bonds. The molecular weight excluding hydrogens is 239 g/mol. The van der Waals surface area contributed by atoms with Crippen molar-refractivity contribution in [1.82, 2.24) is 0 Å². The predicted molar refractivity (Wildman–Crippen MR) is 52.0 cm³/mol. The van der Waals surface area contributed by atoms with E-state index in [1.807, 2.05) is 0 Å². The van der Waals surface area contributed by atoms with Crippen molar-refractivity contribution < 1.29 is 34.7 Å². The van der Waals surface area contributed by atoms with E-state index in [0.29, 0.717) is 0 Å². The second-order valence-corrected chi connectivity index (χ2v) is 5.17. The topological polar surface area (TPSA) is 135 Å². The van der Waals surface area contributed by atoms with Crippen LogP contribution in [0.3, 0.4) is 0 Å². The number of carbonyl (C=O) groups is 1. The molecule has 1 aliphatic carbocycles. The first-order chi connectivity index (χ1) is 7.26. The number of aliphatic carboxylic acids is 1. The largest absolute Gasteiger partial charge is 0.505 e. The standard InChI is InChI=1S/C8H13O7P/c9-5-2-8(13,7(11)12)1-4(6(5)10)3-16(14)15/h4-6,9-10,13H,1-3H2,(H-,11,12,14,15)/p+1/t4-,5-,6-,8+/m1/s1. The number of rotatable bonds is 3. The van der Waals surface area contributed by atoms with E-state index in [1.54, 1.807) is 0 Å². The van der Waals surface area contributed by atoms with Gasteiger partial charge in [0.05, 0.1) is 12.2 Å². The van der Waals surface area contributed by atoms with E-state index < -0.39 is 44.1 Å². The molecule has 5 atom stereocenters. The molecule has 0 aromatic heterocycles. The molecule has 0 heterocycles. The Bertz CT molecular complexity index is 307. The average Bonchev–Trinajstić information content (AvgIpc) is 2.12. The van der Waals surface area contributed by atoms with Crippen LogP contribution in [0.25, 0.3) is 0 Å². The average molecular weight is 253 g/mol. The first-order valence-electron chi connectivity index (χ1n) is 4.72. The van der Waals surface area contributed by atoms with E-state index in [2.05, 4.69) is 0 Å². The van der Waals surface area contributed by atoms with Gasteiger partial charge in [0.2, 0.25) is 0 Å². The number of aliphatic hydroxyl groups is 3. The zero-order valence-electron chi connectivity index (χ0n) is 8.35. The van der Waals surface area contributed by atoms with Crippen molar-refractivity contribution in [2.45, 2.75) is 30.7 Å². The first kappa shape index (κ1) is 13.5. The van der Waals surface area contributed by atoms with Gasteiger partial charge in [-0.05, 0) is 11.0 Å². The summed E-state index contributed by atoms with van der Waals surface area (Å²) < 4.78 is 10.6. The third kappa shape index (κ3) is 2.75. The monoisotopic (exact) mass is 253 g/mol. The third-order valence-electron chi connectivity index (χ3n) is 2.81. The van der Waals surface area contributed by atoms with Crippen LogP contribution in [0.1, 0.15) is 12.8 Å². The fraction of sp³-hybridized carbons (Fsp3) is 0.875. The van der Waals surface area contributed by atoms with Gasteiger partial charge < -0.3 is 20.4 Å². The maximum Gasteiger partial charge on any atom is 0.505 e. The van der Waals surface area contributed by atoms with Crippen molar-refractivity contribution in [2.24, 2.45) is 5.92 Å². The first-order valence-corrected chi connectivity index (χ1v) is 6.11. The van der Waals surface area contributed by atoms with Crippen LogP contribution >= 0.6 is 8.03 Å². The maximum absolute atomic E-state index is 10.8. The van der Waals surface area contributed by atoms with Crippen molar-refractivity contribution in [3.05, 3.63) is 0 Å². The van der Waals surface area contributed by atoms with Crippen LogP contribution in [0.15, 0.2) is 0 Å². The molecule has 1 rings (SSSR count). The van der Waals surface area contributed by atoms with Gasteiger partial charge in [-0.15, -0.1) is 0 Å². The van der Waals surface area contributed by atoms with Crippen LogP contribution < -0.4 is 0 Å². The summed E-state index contributed by atoms with van der Waals surface area (Å²) in [6.45, 7) is 0. The highest BCUT2D eigenvalue weighted by Crippen LogP contribution is 2.36. The summed E-state index contributed by atoms with van der Waals surface area (Å²) in [5.41, 5.74) is -2.14. The summed E-state index contributed by atoms with van der Waals surface area (Å²) in [6.07, 6.45) is -3.87. The Labute approximate surface area is 92.2 Å². The molecule has 0 bridgehead atoms. The van der Waals surface area contributed by atoms with Gasteiger partial charge in [-0.3, -0.25) is 0 Å². The summed E-state index contributed by atoms with van der Waals surface area (Å²) in [5.74, 6) is -2.41. The lowest BCUT2D eigenvalue weighted by Gasteiger charge is -2.38. The molecule has 0 aromatic carbocycles. The van der Waals surface area contributed by atoms with Gasteiger partial charge in [-0.2, -0.15) is 4.89 Å². The smallest absolute Gasteiger partial charge is 0.479 e. The van der Waals surface area contributed by atoms with Crippen molar-refractivity contribution in [3.63, 3.8) is 0 Å². The molecule has 1 unspecified atom stereocenters. The molecule has 0 saturated heterocycles. The third-order valence-corrected chi connectivity index (χ3v) is 3.59. The molecule has 8 heteroatoms. The minimum absolute atomic E-state index is 0.344. The predicted octanol–water partition coefficient (Wildman–Crippen LogP) is -1.33. The van der Waals surface area contributed by atoms with Crippen molar-refractivity contribution in [1.29, 1.82) is 0 Å². The highest BCUT2D eigenvalue weighted by Gasteiger charge is 2.50. The van der Waals surface area contributed by atoms with Crippen LogP contribution in [-0.4, -0.2) is 55.3 Å². The highest BCUT2D eigenvalue weighted by atomic mass is 31.1. The van der Waals surface area contributed by atoms with E-state index in [1.165, 1.54) is 0 Å². The number of hydrogen-bond acceptors (Lipinski definition) is 5. The zero-order chi connectivity index (χ0) is 12.5.